The van der Waals surface area contributed by atoms with Crippen molar-refractivity contribution in [1.82, 2.24) is 0 Å². The van der Waals surface area contributed by atoms with Crippen LogP contribution in [0.4, 0.5) is 0 Å². The van der Waals surface area contributed by atoms with Crippen LogP contribution in [0, 0.1) is 0 Å². The molecule has 0 amide bonds. The fraction of sp³-hybridized carbons (Fsp3) is 0.750. The molecule has 0 aliphatic carbocycles. The molecule has 0 aliphatic heterocycles. The number of nitrogens with two attached hydrogens (primary N) is 1. The maximum Gasteiger partial charge on any atom is 0.333 e. The van der Waals surface area contributed by atoms with Gasteiger partial charge in [-0.25, -0.2) is 9.59 Å². The van der Waals surface area contributed by atoms with Gasteiger partial charge < -0.3 is 10.5 Å². The number of esters is 1. The Morgan fingerprint density at radius 1 is 1.62 bits per heavy atom. The number of ether oxygens (including phenoxy) is 1. The largest absolute Gasteiger partial charge is 0.458 e. The van der Waals surface area contributed by atoms with E-state index in [4.69, 9.17) is 10.5 Å². The van der Waals surface area contributed by atoms with Crippen LogP contribution in [0.15, 0.2) is 4.99 Å². The fourth-order valence-electron chi connectivity index (χ4n) is 0.635. The molecule has 0 unspecified atom stereocenters. The van der Waals surface area contributed by atoms with E-state index in [0.29, 0.717) is 0 Å². The van der Waals surface area contributed by atoms with Gasteiger partial charge in [0.1, 0.15) is 5.60 Å². The van der Waals surface area contributed by atoms with Crippen LogP contribution in [0.5, 0.6) is 0 Å². The van der Waals surface area contributed by atoms with Gasteiger partial charge in [0.25, 0.3) is 0 Å². The molecule has 0 bridgehead atoms. The van der Waals surface area contributed by atoms with Gasteiger partial charge in [0.05, 0.1) is 0 Å². The molecule has 5 nitrogen and oxygen atoms in total. The number of hydrogen-bond acceptors (Lipinski definition) is 5. The van der Waals surface area contributed by atoms with Crippen molar-refractivity contribution in [2.45, 2.75) is 32.4 Å². The van der Waals surface area contributed by atoms with Crippen LogP contribution in [0.25, 0.3) is 0 Å². The van der Waals surface area contributed by atoms with E-state index in [1.165, 1.54) is 6.08 Å². The van der Waals surface area contributed by atoms with Crippen LogP contribution >= 0.6 is 0 Å². The Kier molecular flexibility index (Phi) is 4.31. The number of nitrogens with zero attached hydrogens (tertiary/aromatic N) is 1. The highest BCUT2D eigenvalue weighted by atomic mass is 16.6. The Morgan fingerprint density at radius 2 is 2.15 bits per heavy atom. The van der Waals surface area contributed by atoms with Crippen molar-refractivity contribution in [3.8, 4) is 0 Å². The molecule has 0 rings (SSSR count). The van der Waals surface area contributed by atoms with Gasteiger partial charge in [-0.15, -0.1) is 0 Å². The lowest BCUT2D eigenvalue weighted by molar-refractivity contribution is -0.156. The van der Waals surface area contributed by atoms with Crippen molar-refractivity contribution >= 4 is 12.0 Å². The maximum absolute atomic E-state index is 11.2. The quantitative estimate of drug-likeness (QED) is 0.382. The highest BCUT2D eigenvalue weighted by Gasteiger charge is 2.23. The number of rotatable bonds is 3. The molecule has 0 saturated carbocycles. The molecule has 0 saturated heterocycles. The summed E-state index contributed by atoms with van der Waals surface area (Å²) < 4.78 is 4.95. The Hall–Kier alpha value is -1.19. The van der Waals surface area contributed by atoms with E-state index < -0.39 is 17.6 Å². The third kappa shape index (κ3) is 5.11. The van der Waals surface area contributed by atoms with Crippen LogP contribution in [-0.4, -0.2) is 30.2 Å². The summed E-state index contributed by atoms with van der Waals surface area (Å²) in [6.07, 6.45) is 1.28. The number of isocyanates is 1. The summed E-state index contributed by atoms with van der Waals surface area (Å²) in [7, 11) is 0. The fourth-order valence-corrected chi connectivity index (χ4v) is 0.635. The molecule has 0 aromatic rings. The Morgan fingerprint density at radius 3 is 2.46 bits per heavy atom. The molecule has 0 aliphatic rings. The predicted molar refractivity (Wildman–Crippen MR) is 46.8 cm³/mol. The van der Waals surface area contributed by atoms with Gasteiger partial charge in [0.2, 0.25) is 6.08 Å². The number of hydrogen-bond donors (Lipinski definition) is 1. The van der Waals surface area contributed by atoms with Gasteiger partial charge in [-0.3, -0.25) is 0 Å². The zero-order chi connectivity index (χ0) is 10.5. The first-order chi connectivity index (χ1) is 5.90. The van der Waals surface area contributed by atoms with E-state index >= 15 is 0 Å². The summed E-state index contributed by atoms with van der Waals surface area (Å²) in [6, 6.07) is -0.934. The molecule has 0 fully saturated rings. The summed E-state index contributed by atoms with van der Waals surface area (Å²) in [5.74, 6) is -0.599. The molecule has 0 radical (unpaired) electrons. The van der Waals surface area contributed by atoms with Gasteiger partial charge in [-0.1, -0.05) is 0 Å². The van der Waals surface area contributed by atoms with E-state index in [9.17, 15) is 9.59 Å². The smallest absolute Gasteiger partial charge is 0.333 e. The minimum absolute atomic E-state index is 0.0514. The van der Waals surface area contributed by atoms with E-state index in [0.717, 1.165) is 0 Å². The van der Waals surface area contributed by atoms with Gasteiger partial charge in [-0.2, -0.15) is 4.99 Å². The van der Waals surface area contributed by atoms with Gasteiger partial charge in [-0.05, 0) is 20.8 Å². The third-order valence-electron chi connectivity index (χ3n) is 1.11. The minimum Gasteiger partial charge on any atom is -0.458 e. The van der Waals surface area contributed by atoms with Crippen molar-refractivity contribution in [3.63, 3.8) is 0 Å². The van der Waals surface area contributed by atoms with E-state index in [1.54, 1.807) is 20.8 Å². The minimum atomic E-state index is -0.934. The second-order valence-corrected chi connectivity index (χ2v) is 3.51. The lowest BCUT2D eigenvalue weighted by Crippen LogP contribution is -2.35. The maximum atomic E-state index is 11.2. The topological polar surface area (TPSA) is 81.8 Å². The van der Waals surface area contributed by atoms with Crippen LogP contribution < -0.4 is 5.73 Å². The molecule has 2 N–H and O–H groups in total. The zero-order valence-electron chi connectivity index (χ0n) is 8.03. The molecule has 0 spiro atoms. The molecular weight excluding hydrogens is 172 g/mol. The first kappa shape index (κ1) is 11.8. The Labute approximate surface area is 77.0 Å². The van der Waals surface area contributed by atoms with Crippen LogP contribution in [0.3, 0.4) is 0 Å². The molecule has 1 atom stereocenters. The van der Waals surface area contributed by atoms with Crippen molar-refractivity contribution in [2.24, 2.45) is 10.7 Å². The zero-order valence-corrected chi connectivity index (χ0v) is 8.03. The average molecular weight is 186 g/mol. The number of aliphatic imine (C=N–C) groups is 1. The lowest BCUT2D eigenvalue weighted by Gasteiger charge is -2.21. The number of carbonyl (C=O) groups excluding carboxylic acids is 2. The van der Waals surface area contributed by atoms with Gasteiger partial charge in [0, 0.05) is 6.54 Å². The second-order valence-electron chi connectivity index (χ2n) is 3.51. The SMILES string of the molecule is CC(C)(C)OC(=O)[C@H](CN)N=C=O. The summed E-state index contributed by atoms with van der Waals surface area (Å²) in [6.45, 7) is 5.12. The van der Waals surface area contributed by atoms with Crippen LogP contribution in [0.1, 0.15) is 20.8 Å². The Bertz CT molecular complexity index is 226. The molecule has 5 heteroatoms. The van der Waals surface area contributed by atoms with Crippen molar-refractivity contribution in [3.05, 3.63) is 0 Å². The summed E-state index contributed by atoms with van der Waals surface area (Å²) in [4.78, 5) is 24.3. The monoisotopic (exact) mass is 186 g/mol. The normalized spacial score (nSPS) is 12.9. The van der Waals surface area contributed by atoms with E-state index in [1.807, 2.05) is 0 Å². The second kappa shape index (κ2) is 4.74. The summed E-state index contributed by atoms with van der Waals surface area (Å²) in [5, 5.41) is 0. The third-order valence-corrected chi connectivity index (χ3v) is 1.11. The van der Waals surface area contributed by atoms with Crippen molar-refractivity contribution < 1.29 is 14.3 Å². The molecule has 13 heavy (non-hydrogen) atoms. The average Bonchev–Trinajstić information content (AvgIpc) is 1.96. The first-order valence-corrected chi connectivity index (χ1v) is 3.90. The lowest BCUT2D eigenvalue weighted by atomic mass is 10.2. The predicted octanol–water partition coefficient (Wildman–Crippen LogP) is -0.00880. The van der Waals surface area contributed by atoms with Crippen molar-refractivity contribution in [2.75, 3.05) is 6.54 Å². The first-order valence-electron chi connectivity index (χ1n) is 3.90. The highest BCUT2D eigenvalue weighted by molar-refractivity contribution is 5.77. The molecule has 0 aromatic heterocycles. The molecule has 0 aromatic carbocycles. The highest BCUT2D eigenvalue weighted by Crippen LogP contribution is 2.08. The standard InChI is InChI=1S/C8H14N2O3/c1-8(2,3)13-7(12)6(4-9)10-5-11/h6H,4,9H2,1-3H3/t6-/m0/s1. The molecule has 0 heterocycles. The van der Waals surface area contributed by atoms with Crippen LogP contribution in [-0.2, 0) is 14.3 Å². The van der Waals surface area contributed by atoms with Gasteiger partial charge >= 0.3 is 5.97 Å². The molecular formula is C8H14N2O3. The van der Waals surface area contributed by atoms with Crippen LogP contribution in [0.2, 0.25) is 0 Å². The Balaban J connectivity index is 4.31. The molecule has 74 valence electrons. The van der Waals surface area contributed by atoms with Gasteiger partial charge in [0.15, 0.2) is 6.04 Å². The summed E-state index contributed by atoms with van der Waals surface area (Å²) >= 11 is 0. The van der Waals surface area contributed by atoms with E-state index in [2.05, 4.69) is 4.99 Å². The summed E-state index contributed by atoms with van der Waals surface area (Å²) in [5.41, 5.74) is 4.61. The van der Waals surface area contributed by atoms with E-state index in [-0.39, 0.29) is 6.54 Å². The van der Waals surface area contributed by atoms with Crippen molar-refractivity contribution in [1.29, 1.82) is 0 Å². The number of carbonyl (C=O) groups is 1.